The van der Waals surface area contributed by atoms with Crippen LogP contribution in [-0.2, 0) is 4.79 Å². The van der Waals surface area contributed by atoms with Gasteiger partial charge in [-0.2, -0.15) is 5.26 Å². The second-order valence-electron chi connectivity index (χ2n) is 4.91. The predicted octanol–water partition coefficient (Wildman–Crippen LogP) is 2.75. The average Bonchev–Trinajstić information content (AvgIpc) is 2.39. The fourth-order valence-electron chi connectivity index (χ4n) is 1.79. The van der Waals surface area contributed by atoms with E-state index in [0.29, 0.717) is 6.54 Å². The molecule has 0 aromatic heterocycles. The number of nitrogens with one attached hydrogen (secondary N) is 1. The Morgan fingerprint density at radius 1 is 1.50 bits per heavy atom. The molecule has 1 rings (SSSR count). The zero-order chi connectivity index (χ0) is 15.1. The molecule has 1 N–H and O–H groups in total. The summed E-state index contributed by atoms with van der Waals surface area (Å²) in [5, 5.41) is 11.9. The SMILES string of the molecule is CCN(/C=C(/C#N)C(=O)NC(C)C)c1cccc(C)c1. The molecule has 0 radical (unpaired) electrons. The summed E-state index contributed by atoms with van der Waals surface area (Å²) in [6, 6.07) is 9.93. The number of carbonyl (C=O) groups is 1. The molecule has 0 bridgehead atoms. The molecule has 1 aromatic carbocycles. The highest BCUT2D eigenvalue weighted by Gasteiger charge is 2.12. The van der Waals surface area contributed by atoms with Crippen molar-refractivity contribution in [3.63, 3.8) is 0 Å². The van der Waals surface area contributed by atoms with Gasteiger partial charge in [0.05, 0.1) is 0 Å². The molecule has 0 saturated heterocycles. The van der Waals surface area contributed by atoms with Gasteiger partial charge in [0.25, 0.3) is 5.91 Å². The molecule has 0 heterocycles. The van der Waals surface area contributed by atoms with Crippen molar-refractivity contribution in [2.45, 2.75) is 33.7 Å². The predicted molar refractivity (Wildman–Crippen MR) is 81.2 cm³/mol. The molecule has 1 amide bonds. The highest BCUT2D eigenvalue weighted by molar-refractivity contribution is 5.97. The third-order valence-corrected chi connectivity index (χ3v) is 2.74. The van der Waals surface area contributed by atoms with Gasteiger partial charge in [-0.1, -0.05) is 12.1 Å². The van der Waals surface area contributed by atoms with Crippen LogP contribution < -0.4 is 10.2 Å². The van der Waals surface area contributed by atoms with Gasteiger partial charge in [-0.05, 0) is 45.4 Å². The van der Waals surface area contributed by atoms with E-state index in [2.05, 4.69) is 5.32 Å². The summed E-state index contributed by atoms with van der Waals surface area (Å²) in [7, 11) is 0. The summed E-state index contributed by atoms with van der Waals surface area (Å²) >= 11 is 0. The minimum Gasteiger partial charge on any atom is -0.349 e. The van der Waals surface area contributed by atoms with Gasteiger partial charge >= 0.3 is 0 Å². The summed E-state index contributed by atoms with van der Waals surface area (Å²) in [6.45, 7) is 8.41. The molecule has 0 aliphatic heterocycles. The smallest absolute Gasteiger partial charge is 0.263 e. The molecule has 4 nitrogen and oxygen atoms in total. The van der Waals surface area contributed by atoms with Crippen molar-refractivity contribution in [2.75, 3.05) is 11.4 Å². The zero-order valence-electron chi connectivity index (χ0n) is 12.5. The van der Waals surface area contributed by atoms with Crippen molar-refractivity contribution in [1.82, 2.24) is 5.32 Å². The molecule has 0 fully saturated rings. The topological polar surface area (TPSA) is 56.1 Å². The molecule has 106 valence electrons. The number of aryl methyl sites for hydroxylation is 1. The fourth-order valence-corrected chi connectivity index (χ4v) is 1.79. The normalized spacial score (nSPS) is 11.1. The van der Waals surface area contributed by atoms with E-state index < -0.39 is 0 Å². The molecule has 0 aliphatic rings. The maximum atomic E-state index is 11.9. The number of nitrogens with zero attached hydrogens (tertiary/aromatic N) is 2. The number of hydrogen-bond donors (Lipinski definition) is 1. The Morgan fingerprint density at radius 3 is 2.70 bits per heavy atom. The van der Waals surface area contributed by atoms with Crippen molar-refractivity contribution in [3.8, 4) is 6.07 Å². The van der Waals surface area contributed by atoms with Gasteiger partial charge in [0.1, 0.15) is 11.6 Å². The lowest BCUT2D eigenvalue weighted by molar-refractivity contribution is -0.117. The Labute approximate surface area is 120 Å². The van der Waals surface area contributed by atoms with Crippen molar-refractivity contribution in [1.29, 1.82) is 5.26 Å². The Hall–Kier alpha value is -2.28. The summed E-state index contributed by atoms with van der Waals surface area (Å²) in [4.78, 5) is 13.8. The maximum absolute atomic E-state index is 11.9. The second-order valence-corrected chi connectivity index (χ2v) is 4.91. The Kier molecular flexibility index (Phi) is 5.79. The van der Waals surface area contributed by atoms with E-state index in [-0.39, 0.29) is 17.5 Å². The summed E-state index contributed by atoms with van der Waals surface area (Å²) in [5.74, 6) is -0.339. The largest absolute Gasteiger partial charge is 0.349 e. The molecule has 0 saturated carbocycles. The van der Waals surface area contributed by atoms with Crippen LogP contribution >= 0.6 is 0 Å². The summed E-state index contributed by atoms with van der Waals surface area (Å²) in [6.07, 6.45) is 1.60. The molecule has 0 unspecified atom stereocenters. The number of amides is 1. The van der Waals surface area contributed by atoms with Crippen LogP contribution in [-0.4, -0.2) is 18.5 Å². The highest BCUT2D eigenvalue weighted by Crippen LogP contribution is 2.17. The minimum atomic E-state index is -0.339. The molecular weight excluding hydrogens is 250 g/mol. The third kappa shape index (κ3) is 4.43. The first-order valence-electron chi connectivity index (χ1n) is 6.74. The molecule has 0 atom stereocenters. The van der Waals surface area contributed by atoms with Gasteiger partial charge in [-0.15, -0.1) is 0 Å². The first-order chi connectivity index (χ1) is 9.47. The number of anilines is 1. The van der Waals surface area contributed by atoms with Gasteiger partial charge in [-0.25, -0.2) is 0 Å². The maximum Gasteiger partial charge on any atom is 0.263 e. The number of nitriles is 1. The van der Waals surface area contributed by atoms with Gasteiger partial charge < -0.3 is 10.2 Å². The van der Waals surface area contributed by atoms with Crippen LogP contribution in [0.2, 0.25) is 0 Å². The summed E-state index contributed by atoms with van der Waals surface area (Å²) < 4.78 is 0. The van der Waals surface area contributed by atoms with E-state index in [9.17, 15) is 4.79 Å². The Balaban J connectivity index is 3.02. The number of hydrogen-bond acceptors (Lipinski definition) is 3. The first-order valence-corrected chi connectivity index (χ1v) is 6.74. The van der Waals surface area contributed by atoms with Crippen LogP contribution in [0.4, 0.5) is 5.69 Å². The molecule has 4 heteroatoms. The third-order valence-electron chi connectivity index (χ3n) is 2.74. The van der Waals surface area contributed by atoms with Gasteiger partial charge in [0, 0.05) is 24.5 Å². The van der Waals surface area contributed by atoms with E-state index >= 15 is 0 Å². The number of benzene rings is 1. The lowest BCUT2D eigenvalue weighted by atomic mass is 10.2. The molecular formula is C16H21N3O. The van der Waals surface area contributed by atoms with E-state index in [1.807, 2.05) is 62.9 Å². The van der Waals surface area contributed by atoms with Crippen LogP contribution in [0.15, 0.2) is 36.0 Å². The van der Waals surface area contributed by atoms with Gasteiger partial charge in [-0.3, -0.25) is 4.79 Å². The lowest BCUT2D eigenvalue weighted by Gasteiger charge is -2.19. The Bertz CT molecular complexity index is 541. The molecule has 1 aromatic rings. The number of carbonyl (C=O) groups excluding carboxylic acids is 1. The quantitative estimate of drug-likeness (QED) is 0.662. The van der Waals surface area contributed by atoms with Crippen LogP contribution in [0.5, 0.6) is 0 Å². The fraction of sp³-hybridized carbons (Fsp3) is 0.375. The molecule has 0 spiro atoms. The zero-order valence-corrected chi connectivity index (χ0v) is 12.5. The van der Waals surface area contributed by atoms with Crippen LogP contribution in [0, 0.1) is 18.3 Å². The minimum absolute atomic E-state index is 0.00768. The van der Waals surface area contributed by atoms with Gasteiger partial charge in [0.2, 0.25) is 0 Å². The monoisotopic (exact) mass is 271 g/mol. The van der Waals surface area contributed by atoms with Gasteiger partial charge in [0.15, 0.2) is 0 Å². The van der Waals surface area contributed by atoms with Crippen molar-refractivity contribution in [3.05, 3.63) is 41.6 Å². The Morgan fingerprint density at radius 2 is 2.20 bits per heavy atom. The van der Waals surface area contributed by atoms with E-state index in [1.165, 1.54) is 0 Å². The van der Waals surface area contributed by atoms with Crippen molar-refractivity contribution in [2.24, 2.45) is 0 Å². The highest BCUT2D eigenvalue weighted by atomic mass is 16.1. The second kappa shape index (κ2) is 7.34. The molecule has 0 aliphatic carbocycles. The summed E-state index contributed by atoms with van der Waals surface area (Å²) in [5.41, 5.74) is 2.22. The van der Waals surface area contributed by atoms with Crippen LogP contribution in [0.25, 0.3) is 0 Å². The first kappa shape index (κ1) is 15.8. The number of rotatable bonds is 5. The average molecular weight is 271 g/mol. The van der Waals surface area contributed by atoms with Crippen LogP contribution in [0.3, 0.4) is 0 Å². The molecule has 20 heavy (non-hydrogen) atoms. The van der Waals surface area contributed by atoms with E-state index in [1.54, 1.807) is 6.20 Å². The van der Waals surface area contributed by atoms with E-state index in [0.717, 1.165) is 11.3 Å². The van der Waals surface area contributed by atoms with Crippen molar-refractivity contribution >= 4 is 11.6 Å². The van der Waals surface area contributed by atoms with E-state index in [4.69, 9.17) is 5.26 Å². The standard InChI is InChI=1S/C16H21N3O/c1-5-19(15-8-6-7-13(4)9-15)11-14(10-17)16(20)18-12(2)3/h6-9,11-12H,5H2,1-4H3,(H,18,20)/b14-11-. The lowest BCUT2D eigenvalue weighted by Crippen LogP contribution is -2.32. The van der Waals surface area contributed by atoms with Crippen LogP contribution in [0.1, 0.15) is 26.3 Å². The van der Waals surface area contributed by atoms with Crippen molar-refractivity contribution < 1.29 is 4.79 Å².